The fraction of sp³-hybridized carbons (Fsp3) is 0.559. The molecular formula is C34H51N7O5. The summed E-state index contributed by atoms with van der Waals surface area (Å²) in [6, 6.07) is 8.74. The van der Waals surface area contributed by atoms with E-state index in [0.717, 1.165) is 45.3 Å². The maximum Gasteiger partial charge on any atom is 0.314 e. The van der Waals surface area contributed by atoms with Crippen LogP contribution in [0.4, 0.5) is 11.5 Å². The topological polar surface area (TPSA) is 192 Å². The van der Waals surface area contributed by atoms with E-state index in [9.17, 15) is 15.0 Å². The monoisotopic (exact) mass is 637 g/mol. The van der Waals surface area contributed by atoms with Gasteiger partial charge in [-0.25, -0.2) is 0 Å². The quantitative estimate of drug-likeness (QED) is 0.105. The number of rotatable bonds is 18. The Bertz CT molecular complexity index is 1420. The Morgan fingerprint density at radius 3 is 2.37 bits per heavy atom. The van der Waals surface area contributed by atoms with Crippen molar-refractivity contribution in [2.24, 2.45) is 11.7 Å². The third-order valence-electron chi connectivity index (χ3n) is 8.79. The second-order valence-corrected chi connectivity index (χ2v) is 12.6. The van der Waals surface area contributed by atoms with E-state index in [4.69, 9.17) is 26.5 Å². The number of nitrogen functional groups attached to an aromatic ring is 2. The molecule has 46 heavy (non-hydrogen) atoms. The third-order valence-corrected chi connectivity index (χ3v) is 8.79. The maximum atomic E-state index is 11.5. The van der Waals surface area contributed by atoms with Crippen molar-refractivity contribution < 1.29 is 24.3 Å². The van der Waals surface area contributed by atoms with E-state index in [1.165, 1.54) is 38.5 Å². The smallest absolute Gasteiger partial charge is 0.314 e. The van der Waals surface area contributed by atoms with Crippen LogP contribution in [0.3, 0.4) is 0 Å². The molecule has 1 atom stereocenters. The normalized spacial score (nSPS) is 15.4. The Morgan fingerprint density at radius 1 is 1.07 bits per heavy atom. The Morgan fingerprint density at radius 2 is 1.72 bits per heavy atom. The summed E-state index contributed by atoms with van der Waals surface area (Å²) < 4.78 is 12.8. The molecule has 0 saturated carbocycles. The fourth-order valence-electron chi connectivity index (χ4n) is 6.13. The van der Waals surface area contributed by atoms with Crippen LogP contribution in [-0.4, -0.2) is 62.3 Å². The van der Waals surface area contributed by atoms with E-state index in [1.54, 1.807) is 30.3 Å². The Kier molecular flexibility index (Phi) is 12.8. The van der Waals surface area contributed by atoms with Gasteiger partial charge in [-0.15, -0.1) is 0 Å². The molecule has 0 aliphatic carbocycles. The van der Waals surface area contributed by atoms with Gasteiger partial charge in [-0.3, -0.25) is 9.48 Å². The molecule has 12 nitrogen and oxygen atoms in total. The number of likely N-dealkylation sites (tertiary alicyclic amines) is 1. The molecule has 12 heteroatoms. The zero-order valence-electron chi connectivity index (χ0n) is 27.2. The highest BCUT2D eigenvalue weighted by Crippen LogP contribution is 2.32. The molecule has 1 unspecified atom stereocenters. The van der Waals surface area contributed by atoms with Crippen molar-refractivity contribution in [2.45, 2.75) is 90.0 Å². The number of para-hydroxylation sites is 1. The summed E-state index contributed by atoms with van der Waals surface area (Å²) in [6.07, 6.45) is 13.0. The molecule has 0 bridgehead atoms. The summed E-state index contributed by atoms with van der Waals surface area (Å²) in [5, 5.41) is 28.0. The number of carbonyl (C=O) groups is 1. The number of nitrogens with zero attached hydrogens (tertiary/aromatic N) is 4. The van der Waals surface area contributed by atoms with Crippen LogP contribution in [0.25, 0.3) is 11.8 Å². The van der Waals surface area contributed by atoms with Crippen LogP contribution in [0.2, 0.25) is 0 Å². The average Bonchev–Trinajstić information content (AvgIpc) is 3.59. The van der Waals surface area contributed by atoms with Crippen molar-refractivity contribution in [3.8, 4) is 11.6 Å². The number of carboxylic acid groups (broad SMARTS) is 1. The van der Waals surface area contributed by atoms with Crippen molar-refractivity contribution >= 4 is 29.2 Å². The number of hydrogen-bond acceptors (Lipinski definition) is 10. The van der Waals surface area contributed by atoms with E-state index in [1.807, 2.05) is 24.6 Å². The molecule has 3 aromatic rings. The summed E-state index contributed by atoms with van der Waals surface area (Å²) in [5.41, 5.74) is 20.8. The fourth-order valence-corrected chi connectivity index (χ4v) is 6.13. The molecule has 252 valence electrons. The van der Waals surface area contributed by atoms with Crippen molar-refractivity contribution in [1.29, 1.82) is 0 Å². The van der Waals surface area contributed by atoms with Gasteiger partial charge in [-0.2, -0.15) is 5.10 Å². The number of carboxylic acids is 1. The minimum absolute atomic E-state index is 0.0903. The molecule has 4 rings (SSSR count). The Hall–Kier alpha value is -4.19. The summed E-state index contributed by atoms with van der Waals surface area (Å²) in [6.45, 7) is 7.34. The molecule has 1 saturated heterocycles. The lowest BCUT2D eigenvalue weighted by Gasteiger charge is -2.32. The molecule has 1 aliphatic heterocycles. The first-order valence-corrected chi connectivity index (χ1v) is 16.6. The van der Waals surface area contributed by atoms with E-state index >= 15 is 0 Å². The van der Waals surface area contributed by atoms with Gasteiger partial charge < -0.3 is 41.6 Å². The second kappa shape index (κ2) is 16.9. The van der Waals surface area contributed by atoms with E-state index in [-0.39, 0.29) is 17.7 Å². The highest BCUT2D eigenvalue weighted by Gasteiger charge is 2.28. The average molecular weight is 638 g/mol. The molecule has 2 aromatic heterocycles. The van der Waals surface area contributed by atoms with Gasteiger partial charge in [-0.05, 0) is 61.5 Å². The van der Waals surface area contributed by atoms with E-state index < -0.39 is 11.9 Å². The molecule has 1 fully saturated rings. The van der Waals surface area contributed by atoms with Gasteiger partial charge in [0.25, 0.3) is 5.88 Å². The van der Waals surface area contributed by atoms with Crippen LogP contribution in [-0.2, 0) is 4.79 Å². The third kappa shape index (κ3) is 9.41. The number of anilines is 2. The summed E-state index contributed by atoms with van der Waals surface area (Å²) in [4.78, 5) is 14.0. The van der Waals surface area contributed by atoms with Crippen LogP contribution in [0.5, 0.6) is 11.6 Å². The van der Waals surface area contributed by atoms with Crippen LogP contribution in [0.15, 0.2) is 34.9 Å². The Labute approximate surface area is 271 Å². The van der Waals surface area contributed by atoms with Gasteiger partial charge in [0.05, 0.1) is 18.3 Å². The van der Waals surface area contributed by atoms with Crippen LogP contribution in [0, 0.1) is 5.92 Å². The number of hydrogen-bond donors (Lipinski definition) is 5. The number of unbranched alkanes of at least 4 members (excludes halogenated alkanes) is 7. The highest BCUT2D eigenvalue weighted by atomic mass is 16.5. The predicted molar refractivity (Wildman–Crippen MR) is 180 cm³/mol. The minimum atomic E-state index is -0.918. The maximum absolute atomic E-state index is 11.5. The molecule has 0 amide bonds. The summed E-state index contributed by atoms with van der Waals surface area (Å²) in [5.74, 6) is -0.620. The number of aromatic hydroxyl groups is 1. The number of piperidine rings is 1. The number of phenols is 1. The first kappa shape index (κ1) is 34.7. The number of aliphatic carboxylic acids is 1. The standard InChI is InChI=1S/C34H51N7O5/c1-23(2)31(34(43)44)29-22-30(39-46-29)45-20-12-8-6-4-3-5-7-11-17-40-18-15-24(16-19-40)41-27(32(36)33(37)38-41)21-26(35)25-13-9-10-14-28(25)42/h9-10,13-14,21-24,31,42H,3-8,11-12,15-20,35-36H2,1-2H3,(H2,37,38)(H,43,44)/b26-21-. The van der Waals surface area contributed by atoms with Crippen LogP contribution in [0.1, 0.15) is 107 Å². The molecule has 0 spiro atoms. The van der Waals surface area contributed by atoms with Gasteiger partial charge in [-0.1, -0.05) is 64.5 Å². The van der Waals surface area contributed by atoms with Crippen molar-refractivity contribution in [3.63, 3.8) is 0 Å². The number of aromatic nitrogens is 3. The summed E-state index contributed by atoms with van der Waals surface area (Å²) >= 11 is 0. The lowest BCUT2D eigenvalue weighted by atomic mass is 9.94. The predicted octanol–water partition coefficient (Wildman–Crippen LogP) is 5.86. The van der Waals surface area contributed by atoms with Gasteiger partial charge >= 0.3 is 5.97 Å². The van der Waals surface area contributed by atoms with E-state index in [0.29, 0.717) is 46.7 Å². The molecule has 3 heterocycles. The Balaban J connectivity index is 1.07. The van der Waals surface area contributed by atoms with Gasteiger partial charge in [0.2, 0.25) is 0 Å². The van der Waals surface area contributed by atoms with Crippen molar-refractivity contribution in [2.75, 3.05) is 37.7 Å². The SMILES string of the molecule is CC(C)C(C(=O)O)c1cc(OCCCCCCCCCCN2CCC(n3nc(N)c(N)c3/C=C(\N)c3ccccc3O)CC2)no1. The first-order chi connectivity index (χ1) is 22.2. The summed E-state index contributed by atoms with van der Waals surface area (Å²) in [7, 11) is 0. The zero-order chi connectivity index (χ0) is 33.1. The molecule has 1 aromatic carbocycles. The van der Waals surface area contributed by atoms with Crippen LogP contribution >= 0.6 is 0 Å². The molecular weight excluding hydrogens is 586 g/mol. The second-order valence-electron chi connectivity index (χ2n) is 12.6. The van der Waals surface area contributed by atoms with E-state index in [2.05, 4.69) is 15.2 Å². The highest BCUT2D eigenvalue weighted by molar-refractivity contribution is 5.86. The van der Waals surface area contributed by atoms with Gasteiger partial charge in [0, 0.05) is 30.4 Å². The van der Waals surface area contributed by atoms with Gasteiger partial charge in [0.1, 0.15) is 17.4 Å². The van der Waals surface area contributed by atoms with Crippen molar-refractivity contribution in [3.05, 3.63) is 47.3 Å². The zero-order valence-corrected chi connectivity index (χ0v) is 27.2. The first-order valence-electron chi connectivity index (χ1n) is 16.6. The number of benzene rings is 1. The molecule has 8 N–H and O–H groups in total. The largest absolute Gasteiger partial charge is 0.507 e. The number of ether oxygens (including phenoxy) is 1. The van der Waals surface area contributed by atoms with Crippen molar-refractivity contribution in [1.82, 2.24) is 19.8 Å². The number of phenolic OH excluding ortho intramolecular Hbond substituents is 1. The lowest BCUT2D eigenvalue weighted by molar-refractivity contribution is -0.140. The molecule has 1 aliphatic rings. The lowest BCUT2D eigenvalue weighted by Crippen LogP contribution is -2.35. The minimum Gasteiger partial charge on any atom is -0.507 e. The van der Waals surface area contributed by atoms with Gasteiger partial charge in [0.15, 0.2) is 11.6 Å². The number of nitrogens with two attached hydrogens (primary N) is 3. The van der Waals surface area contributed by atoms with Crippen LogP contribution < -0.4 is 21.9 Å². The molecule has 0 radical (unpaired) electrons.